The van der Waals surface area contributed by atoms with Crippen LogP contribution in [0.1, 0.15) is 46.4 Å². The minimum absolute atomic E-state index is 0.0877. The van der Waals surface area contributed by atoms with Crippen LogP contribution < -0.4 is 5.32 Å². The summed E-state index contributed by atoms with van der Waals surface area (Å²) in [7, 11) is 0. The Kier molecular flexibility index (Phi) is 4.53. The molecule has 1 aliphatic carbocycles. The molecule has 1 aliphatic heterocycles. The third-order valence-electron chi connectivity index (χ3n) is 5.64. The lowest BCUT2D eigenvalue weighted by Crippen LogP contribution is -2.41. The van der Waals surface area contributed by atoms with Crippen LogP contribution in [0.5, 0.6) is 0 Å². The first kappa shape index (κ1) is 16.3. The number of pyridine rings is 1. The van der Waals surface area contributed by atoms with Gasteiger partial charge in [-0.3, -0.25) is 14.7 Å². The topological polar surface area (TPSA) is 45.2 Å². The van der Waals surface area contributed by atoms with Gasteiger partial charge in [-0.25, -0.2) is 0 Å². The molecule has 0 radical (unpaired) electrons. The zero-order valence-electron chi connectivity index (χ0n) is 14.8. The molecule has 4 rings (SSSR count). The van der Waals surface area contributed by atoms with Gasteiger partial charge >= 0.3 is 0 Å². The largest absolute Gasteiger partial charge is 0.322 e. The summed E-state index contributed by atoms with van der Waals surface area (Å²) < 4.78 is 0. The monoisotopic (exact) mass is 335 g/mol. The van der Waals surface area contributed by atoms with Crippen molar-refractivity contribution in [3.8, 4) is 0 Å². The van der Waals surface area contributed by atoms with Gasteiger partial charge in [-0.05, 0) is 68.0 Å². The van der Waals surface area contributed by atoms with Crippen molar-refractivity contribution in [1.29, 1.82) is 0 Å². The molecule has 0 unspecified atom stereocenters. The van der Waals surface area contributed by atoms with Crippen molar-refractivity contribution in [2.24, 2.45) is 0 Å². The summed E-state index contributed by atoms with van der Waals surface area (Å²) in [5, 5.41) is 3.03. The van der Waals surface area contributed by atoms with E-state index in [4.69, 9.17) is 0 Å². The molecule has 1 saturated carbocycles. The number of nitrogens with zero attached hydrogens (tertiary/aromatic N) is 2. The summed E-state index contributed by atoms with van der Waals surface area (Å²) >= 11 is 0. The van der Waals surface area contributed by atoms with Gasteiger partial charge in [-0.1, -0.05) is 12.5 Å². The Hall–Kier alpha value is -2.20. The van der Waals surface area contributed by atoms with Gasteiger partial charge in [0.25, 0.3) is 5.91 Å². The van der Waals surface area contributed by atoms with Gasteiger partial charge in [-0.2, -0.15) is 0 Å². The normalized spacial score (nSPS) is 18.1. The highest BCUT2D eigenvalue weighted by atomic mass is 16.1. The van der Waals surface area contributed by atoms with Crippen molar-refractivity contribution in [2.45, 2.75) is 45.1 Å². The number of rotatable bonds is 3. The van der Waals surface area contributed by atoms with E-state index in [1.165, 1.54) is 30.4 Å². The van der Waals surface area contributed by atoms with Crippen LogP contribution in [-0.2, 0) is 12.8 Å². The number of hydrogen-bond donors (Lipinski definition) is 1. The van der Waals surface area contributed by atoms with E-state index in [0.29, 0.717) is 5.56 Å². The summed E-state index contributed by atoms with van der Waals surface area (Å²) in [6.45, 7) is 4.16. The highest BCUT2D eigenvalue weighted by Gasteiger charge is 2.26. The maximum absolute atomic E-state index is 12.5. The lowest BCUT2D eigenvalue weighted by atomic mass is 9.91. The number of benzene rings is 1. The Morgan fingerprint density at radius 3 is 2.68 bits per heavy atom. The number of amides is 1. The van der Waals surface area contributed by atoms with Crippen molar-refractivity contribution >= 4 is 11.6 Å². The lowest BCUT2D eigenvalue weighted by Gasteiger charge is -2.36. The summed E-state index contributed by atoms with van der Waals surface area (Å²) in [4.78, 5) is 19.3. The number of aryl methyl sites for hydroxylation is 1. The van der Waals surface area contributed by atoms with Crippen molar-refractivity contribution in [1.82, 2.24) is 9.88 Å². The average molecular weight is 335 g/mol. The third kappa shape index (κ3) is 3.45. The minimum atomic E-state index is -0.0877. The zero-order valence-corrected chi connectivity index (χ0v) is 14.8. The number of fused-ring (bicyclic) bond motifs is 1. The van der Waals surface area contributed by atoms with E-state index in [1.54, 1.807) is 12.3 Å². The number of nitrogens with one attached hydrogen (secondary N) is 1. The molecule has 1 N–H and O–H groups in total. The Morgan fingerprint density at radius 2 is 1.96 bits per heavy atom. The standard InChI is InChI=1S/C21H25N3O/c1-15-20(6-3-11-22-15)21(25)23-18-8-7-16-9-12-24(19-4-2-5-19)13-10-17(16)14-18/h3,6-8,11,14,19H,2,4-5,9-10,12-13H2,1H3,(H,23,25). The molecule has 1 fully saturated rings. The molecule has 0 spiro atoms. The van der Waals surface area contributed by atoms with Crippen LogP contribution in [-0.4, -0.2) is 34.9 Å². The van der Waals surface area contributed by atoms with E-state index in [2.05, 4.69) is 27.3 Å². The zero-order chi connectivity index (χ0) is 17.2. The molecule has 1 aromatic heterocycles. The summed E-state index contributed by atoms with van der Waals surface area (Å²) in [5.74, 6) is -0.0877. The molecule has 4 heteroatoms. The fourth-order valence-electron chi connectivity index (χ4n) is 3.86. The quantitative estimate of drug-likeness (QED) is 0.932. The van der Waals surface area contributed by atoms with Gasteiger partial charge in [0.1, 0.15) is 0 Å². The van der Waals surface area contributed by atoms with E-state index in [1.807, 2.05) is 19.1 Å². The van der Waals surface area contributed by atoms with E-state index in [-0.39, 0.29) is 5.91 Å². The van der Waals surface area contributed by atoms with Crippen molar-refractivity contribution in [3.63, 3.8) is 0 Å². The smallest absolute Gasteiger partial charge is 0.257 e. The first-order valence-corrected chi connectivity index (χ1v) is 9.29. The van der Waals surface area contributed by atoms with Crippen LogP contribution in [0.15, 0.2) is 36.5 Å². The molecule has 2 aliphatic rings. The van der Waals surface area contributed by atoms with Crippen molar-refractivity contribution in [3.05, 3.63) is 58.9 Å². The highest BCUT2D eigenvalue weighted by molar-refractivity contribution is 6.05. The molecule has 25 heavy (non-hydrogen) atoms. The molecule has 0 bridgehead atoms. The molecular weight excluding hydrogens is 310 g/mol. The molecular formula is C21H25N3O. The fourth-order valence-corrected chi connectivity index (χ4v) is 3.86. The minimum Gasteiger partial charge on any atom is -0.322 e. The Bertz CT molecular complexity index is 782. The third-order valence-corrected chi connectivity index (χ3v) is 5.64. The maximum Gasteiger partial charge on any atom is 0.257 e. The lowest BCUT2D eigenvalue weighted by molar-refractivity contribution is 0.102. The van der Waals surface area contributed by atoms with Crippen LogP contribution in [0.3, 0.4) is 0 Å². The average Bonchev–Trinajstić information content (AvgIpc) is 2.76. The second kappa shape index (κ2) is 6.96. The molecule has 0 atom stereocenters. The van der Waals surface area contributed by atoms with Crippen molar-refractivity contribution < 1.29 is 4.79 Å². The van der Waals surface area contributed by atoms with Gasteiger partial charge in [0.05, 0.1) is 5.56 Å². The molecule has 0 saturated heterocycles. The van der Waals surface area contributed by atoms with E-state index < -0.39 is 0 Å². The SMILES string of the molecule is Cc1ncccc1C(=O)Nc1ccc2c(c1)CCN(C1CCC1)CC2. The van der Waals surface area contributed by atoms with E-state index >= 15 is 0 Å². The van der Waals surface area contributed by atoms with Gasteiger partial charge in [0.2, 0.25) is 0 Å². The van der Waals surface area contributed by atoms with Gasteiger partial charge in [0.15, 0.2) is 0 Å². The summed E-state index contributed by atoms with van der Waals surface area (Å²) in [6, 6.07) is 10.8. The van der Waals surface area contributed by atoms with Crippen molar-refractivity contribution in [2.75, 3.05) is 18.4 Å². The van der Waals surface area contributed by atoms with Crippen LogP contribution in [0.2, 0.25) is 0 Å². The van der Waals surface area contributed by atoms with Crippen LogP contribution in [0.25, 0.3) is 0 Å². The molecule has 1 aromatic carbocycles. The highest BCUT2D eigenvalue weighted by Crippen LogP contribution is 2.28. The van der Waals surface area contributed by atoms with Gasteiger partial charge in [0, 0.05) is 36.7 Å². The molecule has 4 nitrogen and oxygen atoms in total. The molecule has 130 valence electrons. The molecule has 2 heterocycles. The first-order valence-electron chi connectivity index (χ1n) is 9.29. The predicted octanol–water partition coefficient (Wildman–Crippen LogP) is 3.60. The second-order valence-corrected chi connectivity index (χ2v) is 7.19. The number of aromatic nitrogens is 1. The predicted molar refractivity (Wildman–Crippen MR) is 100.0 cm³/mol. The van der Waals surface area contributed by atoms with Gasteiger partial charge < -0.3 is 5.32 Å². The fraction of sp³-hybridized carbons (Fsp3) is 0.429. The number of carbonyl (C=O) groups excluding carboxylic acids is 1. The maximum atomic E-state index is 12.5. The Balaban J connectivity index is 1.47. The van der Waals surface area contributed by atoms with Crippen LogP contribution in [0.4, 0.5) is 5.69 Å². The number of anilines is 1. The Labute approximate surface area is 149 Å². The summed E-state index contributed by atoms with van der Waals surface area (Å²) in [6.07, 6.45) is 8.01. The number of carbonyl (C=O) groups is 1. The van der Waals surface area contributed by atoms with Crippen LogP contribution in [0, 0.1) is 6.92 Å². The summed E-state index contributed by atoms with van der Waals surface area (Å²) in [5.41, 5.74) is 5.07. The number of hydrogen-bond acceptors (Lipinski definition) is 3. The molecule has 1 amide bonds. The molecule has 2 aromatic rings. The van der Waals surface area contributed by atoms with E-state index in [9.17, 15) is 4.79 Å². The van der Waals surface area contributed by atoms with Gasteiger partial charge in [-0.15, -0.1) is 0 Å². The van der Waals surface area contributed by atoms with E-state index in [0.717, 1.165) is 43.4 Å². The van der Waals surface area contributed by atoms with Crippen LogP contribution >= 0.6 is 0 Å². The second-order valence-electron chi connectivity index (χ2n) is 7.19. The first-order chi connectivity index (χ1) is 12.2. The Morgan fingerprint density at radius 1 is 1.16 bits per heavy atom.